The Bertz CT molecular complexity index is 639. The first kappa shape index (κ1) is 18.9. The van der Waals surface area contributed by atoms with E-state index in [9.17, 15) is 9.59 Å². The minimum atomic E-state index is -0.125. The molecule has 1 N–H and O–H groups in total. The third-order valence-electron chi connectivity index (χ3n) is 5.89. The van der Waals surface area contributed by atoms with Gasteiger partial charge >= 0.3 is 0 Å². The standard InChI is InChI=1S/C20H29N3O3S/c24-19-13-26-18(9-21-20(25)17-5-8-27-14-17)12-23(19)11-16-3-6-22(7-4-16)10-15-1-2-15/h5,8,14-16,18H,1-4,6-7,9-13H2,(H,21,25). The lowest BCUT2D eigenvalue weighted by Crippen LogP contribution is -2.52. The van der Waals surface area contributed by atoms with Gasteiger partial charge < -0.3 is 19.9 Å². The van der Waals surface area contributed by atoms with E-state index in [0.717, 1.165) is 12.5 Å². The molecule has 4 rings (SSSR count). The van der Waals surface area contributed by atoms with E-state index in [4.69, 9.17) is 4.74 Å². The van der Waals surface area contributed by atoms with Gasteiger partial charge in [0.05, 0.1) is 6.10 Å². The molecule has 0 bridgehead atoms. The van der Waals surface area contributed by atoms with Crippen LogP contribution in [0.3, 0.4) is 0 Å². The Morgan fingerprint density at radius 2 is 1.96 bits per heavy atom. The molecule has 0 spiro atoms. The summed E-state index contributed by atoms with van der Waals surface area (Å²) in [6.45, 7) is 5.58. The molecule has 1 saturated carbocycles. The third-order valence-corrected chi connectivity index (χ3v) is 6.58. The summed E-state index contributed by atoms with van der Waals surface area (Å²) in [5, 5.41) is 6.65. The Hall–Kier alpha value is -1.44. The molecule has 0 radical (unpaired) electrons. The topological polar surface area (TPSA) is 61.9 Å². The molecule has 3 heterocycles. The zero-order chi connectivity index (χ0) is 18.6. The molecule has 1 atom stereocenters. The van der Waals surface area contributed by atoms with Crippen LogP contribution in [0.25, 0.3) is 0 Å². The molecule has 1 aromatic heterocycles. The van der Waals surface area contributed by atoms with Crippen LogP contribution in [0.1, 0.15) is 36.0 Å². The Balaban J connectivity index is 1.20. The van der Waals surface area contributed by atoms with Crippen LogP contribution in [-0.2, 0) is 9.53 Å². The van der Waals surface area contributed by atoms with Crippen molar-refractivity contribution in [2.45, 2.75) is 31.8 Å². The lowest BCUT2D eigenvalue weighted by Gasteiger charge is -2.38. The Labute approximate surface area is 164 Å². The summed E-state index contributed by atoms with van der Waals surface area (Å²) < 4.78 is 5.63. The van der Waals surface area contributed by atoms with Crippen molar-refractivity contribution in [1.29, 1.82) is 0 Å². The summed E-state index contributed by atoms with van der Waals surface area (Å²) >= 11 is 1.51. The summed E-state index contributed by atoms with van der Waals surface area (Å²) in [6, 6.07) is 1.81. The summed E-state index contributed by atoms with van der Waals surface area (Å²) in [6.07, 6.45) is 5.05. The predicted octanol–water partition coefficient (Wildman–Crippen LogP) is 1.83. The van der Waals surface area contributed by atoms with Crippen LogP contribution in [0.5, 0.6) is 0 Å². The molecule has 1 unspecified atom stereocenters. The molecule has 6 nitrogen and oxygen atoms in total. The van der Waals surface area contributed by atoms with Crippen LogP contribution < -0.4 is 5.32 Å². The Morgan fingerprint density at radius 1 is 1.19 bits per heavy atom. The molecule has 1 aromatic rings. The van der Waals surface area contributed by atoms with Gasteiger partial charge in [-0.2, -0.15) is 11.3 Å². The van der Waals surface area contributed by atoms with Gasteiger partial charge in [-0.25, -0.2) is 0 Å². The second-order valence-corrected chi connectivity index (χ2v) is 8.92. The average molecular weight is 392 g/mol. The molecule has 0 aromatic carbocycles. The number of piperidine rings is 1. The zero-order valence-corrected chi connectivity index (χ0v) is 16.6. The number of morpholine rings is 1. The van der Waals surface area contributed by atoms with Gasteiger partial charge in [-0.1, -0.05) is 0 Å². The number of nitrogens with zero attached hydrogens (tertiary/aromatic N) is 2. The second-order valence-electron chi connectivity index (χ2n) is 8.14. The third kappa shape index (κ3) is 5.30. The number of amides is 2. The molecular formula is C20H29N3O3S. The van der Waals surface area contributed by atoms with Gasteiger partial charge in [-0.15, -0.1) is 0 Å². The maximum Gasteiger partial charge on any atom is 0.252 e. The summed E-state index contributed by atoms with van der Waals surface area (Å²) in [7, 11) is 0. The summed E-state index contributed by atoms with van der Waals surface area (Å²) in [4.78, 5) is 28.9. The number of nitrogens with one attached hydrogen (secondary N) is 1. The van der Waals surface area contributed by atoms with Crippen LogP contribution in [0.4, 0.5) is 0 Å². The number of carbonyl (C=O) groups excluding carboxylic acids is 2. The van der Waals surface area contributed by atoms with Crippen molar-refractivity contribution in [3.05, 3.63) is 22.4 Å². The van der Waals surface area contributed by atoms with Gasteiger partial charge in [0.2, 0.25) is 5.91 Å². The molecule has 27 heavy (non-hydrogen) atoms. The van der Waals surface area contributed by atoms with Crippen molar-refractivity contribution >= 4 is 23.2 Å². The molecule has 148 valence electrons. The van der Waals surface area contributed by atoms with Crippen molar-refractivity contribution in [3.63, 3.8) is 0 Å². The number of hydrogen-bond donors (Lipinski definition) is 1. The van der Waals surface area contributed by atoms with Gasteiger partial charge in [0.15, 0.2) is 0 Å². The van der Waals surface area contributed by atoms with Crippen LogP contribution in [0, 0.1) is 11.8 Å². The SMILES string of the molecule is O=C(NCC1CN(CC2CCN(CC3CC3)CC2)C(=O)CO1)c1ccsc1. The van der Waals surface area contributed by atoms with E-state index in [1.54, 1.807) is 0 Å². The maximum absolute atomic E-state index is 12.3. The average Bonchev–Trinajstić information content (AvgIpc) is 3.31. The highest BCUT2D eigenvalue weighted by Crippen LogP contribution is 2.31. The molecular weight excluding hydrogens is 362 g/mol. The first-order chi connectivity index (χ1) is 13.2. The molecule has 2 amide bonds. The smallest absolute Gasteiger partial charge is 0.252 e. The highest BCUT2D eigenvalue weighted by molar-refractivity contribution is 7.08. The van der Waals surface area contributed by atoms with Gasteiger partial charge in [0.25, 0.3) is 5.91 Å². The quantitative estimate of drug-likeness (QED) is 0.770. The Morgan fingerprint density at radius 3 is 2.67 bits per heavy atom. The van der Waals surface area contributed by atoms with E-state index in [2.05, 4.69) is 10.2 Å². The first-order valence-electron chi connectivity index (χ1n) is 10.1. The van der Waals surface area contributed by atoms with Crippen molar-refractivity contribution in [3.8, 4) is 0 Å². The maximum atomic E-state index is 12.3. The molecule has 2 saturated heterocycles. The number of ether oxygens (including phenoxy) is 1. The minimum absolute atomic E-state index is 0.0775. The lowest BCUT2D eigenvalue weighted by molar-refractivity contribution is -0.149. The van der Waals surface area contributed by atoms with E-state index in [-0.39, 0.29) is 24.5 Å². The van der Waals surface area contributed by atoms with Crippen molar-refractivity contribution in [2.24, 2.45) is 11.8 Å². The number of carbonyl (C=O) groups is 2. The van der Waals surface area contributed by atoms with E-state index in [1.165, 1.54) is 56.7 Å². The fourth-order valence-corrected chi connectivity index (χ4v) is 4.65. The van der Waals surface area contributed by atoms with Gasteiger partial charge in [-0.05, 0) is 62.1 Å². The molecule has 3 aliphatic rings. The van der Waals surface area contributed by atoms with Gasteiger partial charge in [0.1, 0.15) is 6.61 Å². The fraction of sp³-hybridized carbons (Fsp3) is 0.700. The van der Waals surface area contributed by atoms with Gasteiger partial charge in [-0.3, -0.25) is 9.59 Å². The summed E-state index contributed by atoms with van der Waals surface area (Å²) in [5.74, 6) is 1.54. The molecule has 3 fully saturated rings. The highest BCUT2D eigenvalue weighted by Gasteiger charge is 2.31. The number of thiophene rings is 1. The van der Waals surface area contributed by atoms with Gasteiger partial charge in [0, 0.05) is 37.1 Å². The van der Waals surface area contributed by atoms with Crippen LogP contribution >= 0.6 is 11.3 Å². The lowest BCUT2D eigenvalue weighted by atomic mass is 9.95. The number of rotatable bonds is 7. The van der Waals surface area contributed by atoms with Crippen LogP contribution in [0.2, 0.25) is 0 Å². The predicted molar refractivity (Wildman–Crippen MR) is 105 cm³/mol. The molecule has 1 aliphatic carbocycles. The number of hydrogen-bond acceptors (Lipinski definition) is 5. The van der Waals surface area contributed by atoms with E-state index in [1.807, 2.05) is 21.7 Å². The molecule has 2 aliphatic heterocycles. The van der Waals surface area contributed by atoms with E-state index < -0.39 is 0 Å². The van der Waals surface area contributed by atoms with Crippen molar-refractivity contribution in [1.82, 2.24) is 15.1 Å². The fourth-order valence-electron chi connectivity index (χ4n) is 4.01. The minimum Gasteiger partial charge on any atom is -0.365 e. The zero-order valence-electron chi connectivity index (χ0n) is 15.8. The first-order valence-corrected chi connectivity index (χ1v) is 11.0. The summed E-state index contributed by atoms with van der Waals surface area (Å²) in [5.41, 5.74) is 0.682. The van der Waals surface area contributed by atoms with Crippen LogP contribution in [0.15, 0.2) is 16.8 Å². The highest BCUT2D eigenvalue weighted by atomic mass is 32.1. The second kappa shape index (κ2) is 8.71. The van der Waals surface area contributed by atoms with Crippen molar-refractivity contribution in [2.75, 3.05) is 45.9 Å². The van der Waals surface area contributed by atoms with Crippen molar-refractivity contribution < 1.29 is 14.3 Å². The molecule has 7 heteroatoms. The Kier molecular flexibility index (Phi) is 6.10. The largest absolute Gasteiger partial charge is 0.365 e. The van der Waals surface area contributed by atoms with E-state index >= 15 is 0 Å². The monoisotopic (exact) mass is 391 g/mol. The normalized spacial score (nSPS) is 25.0. The van der Waals surface area contributed by atoms with E-state index in [0.29, 0.717) is 24.6 Å². The number of likely N-dealkylation sites (tertiary alicyclic amines) is 1. The van der Waals surface area contributed by atoms with Crippen LogP contribution in [-0.4, -0.2) is 73.6 Å².